The van der Waals surface area contributed by atoms with Crippen molar-refractivity contribution in [2.24, 2.45) is 5.73 Å². The minimum atomic E-state index is -0.570. The Morgan fingerprint density at radius 1 is 1.18 bits per heavy atom. The van der Waals surface area contributed by atoms with E-state index in [4.69, 9.17) is 15.2 Å². The maximum absolute atomic E-state index is 11.1. The number of carbonyl (C=O) groups is 1. The molecule has 0 bridgehead atoms. The van der Waals surface area contributed by atoms with Crippen molar-refractivity contribution in [2.45, 2.75) is 0 Å². The normalized spacial score (nSPS) is 10.9. The molecule has 2 N–H and O–H groups in total. The van der Waals surface area contributed by atoms with Gasteiger partial charge in [0.15, 0.2) is 11.5 Å². The zero-order valence-corrected chi connectivity index (χ0v) is 10.0. The van der Waals surface area contributed by atoms with Gasteiger partial charge >= 0.3 is 5.97 Å². The first-order valence-electron chi connectivity index (χ1n) is 4.90. The van der Waals surface area contributed by atoms with E-state index in [-0.39, 0.29) is 5.70 Å². The first kappa shape index (κ1) is 12.9. The quantitative estimate of drug-likeness (QED) is 0.629. The van der Waals surface area contributed by atoms with Crippen LogP contribution in [0.4, 0.5) is 0 Å². The van der Waals surface area contributed by atoms with Crippen LogP contribution in [-0.2, 0) is 9.53 Å². The number of methoxy groups -OCH3 is 3. The summed E-state index contributed by atoms with van der Waals surface area (Å²) in [6.45, 7) is 0. The molecule has 0 spiro atoms. The van der Waals surface area contributed by atoms with Crippen LogP contribution in [0.1, 0.15) is 5.56 Å². The van der Waals surface area contributed by atoms with Crippen molar-refractivity contribution < 1.29 is 19.0 Å². The molecule has 0 aliphatic rings. The van der Waals surface area contributed by atoms with E-state index in [2.05, 4.69) is 4.74 Å². The molecule has 1 aromatic rings. The topological polar surface area (TPSA) is 70.8 Å². The Labute approximate surface area is 99.8 Å². The highest BCUT2D eigenvalue weighted by Crippen LogP contribution is 2.28. The Kier molecular flexibility index (Phi) is 4.39. The number of ether oxygens (including phenoxy) is 3. The predicted molar refractivity (Wildman–Crippen MR) is 63.7 cm³/mol. The van der Waals surface area contributed by atoms with Crippen LogP contribution in [0, 0.1) is 0 Å². The fraction of sp³-hybridized carbons (Fsp3) is 0.250. The van der Waals surface area contributed by atoms with Gasteiger partial charge in [0.1, 0.15) is 5.70 Å². The van der Waals surface area contributed by atoms with Gasteiger partial charge in [0.05, 0.1) is 21.3 Å². The minimum Gasteiger partial charge on any atom is -0.493 e. The van der Waals surface area contributed by atoms with Crippen LogP contribution in [-0.4, -0.2) is 27.3 Å². The fourth-order valence-corrected chi connectivity index (χ4v) is 1.30. The highest BCUT2D eigenvalue weighted by atomic mass is 16.5. The zero-order valence-electron chi connectivity index (χ0n) is 10.0. The Morgan fingerprint density at radius 3 is 2.35 bits per heavy atom. The first-order valence-corrected chi connectivity index (χ1v) is 4.90. The standard InChI is InChI=1S/C12H15NO4/c1-15-10-5-4-8(7-11(10)16-2)6-9(13)12(14)17-3/h4-7H,13H2,1-3H3. The number of carbonyl (C=O) groups excluding carboxylic acids is 1. The molecular formula is C12H15NO4. The second-order valence-electron chi connectivity index (χ2n) is 3.21. The van der Waals surface area contributed by atoms with E-state index in [1.165, 1.54) is 20.3 Å². The first-order chi connectivity index (χ1) is 8.12. The van der Waals surface area contributed by atoms with Gasteiger partial charge < -0.3 is 19.9 Å². The van der Waals surface area contributed by atoms with Gasteiger partial charge in [-0.25, -0.2) is 4.79 Å². The van der Waals surface area contributed by atoms with Gasteiger partial charge in [-0.3, -0.25) is 0 Å². The van der Waals surface area contributed by atoms with Gasteiger partial charge in [-0.1, -0.05) is 6.07 Å². The van der Waals surface area contributed by atoms with Crippen molar-refractivity contribution in [2.75, 3.05) is 21.3 Å². The second kappa shape index (κ2) is 5.79. The molecule has 5 nitrogen and oxygen atoms in total. The predicted octanol–water partition coefficient (Wildman–Crippen LogP) is 1.18. The van der Waals surface area contributed by atoms with E-state index in [1.807, 2.05) is 0 Å². The minimum absolute atomic E-state index is 0.0275. The number of esters is 1. The van der Waals surface area contributed by atoms with Gasteiger partial charge in [0.25, 0.3) is 0 Å². The Hall–Kier alpha value is -2.17. The van der Waals surface area contributed by atoms with Crippen LogP contribution in [0.5, 0.6) is 11.5 Å². The SMILES string of the molecule is COC(=O)C(N)=Cc1ccc(OC)c(OC)c1. The highest BCUT2D eigenvalue weighted by Gasteiger charge is 2.07. The number of hydrogen-bond donors (Lipinski definition) is 1. The van der Waals surface area contributed by atoms with Crippen LogP contribution >= 0.6 is 0 Å². The summed E-state index contributed by atoms with van der Waals surface area (Å²) in [6, 6.07) is 5.21. The summed E-state index contributed by atoms with van der Waals surface area (Å²) in [5.41, 5.74) is 6.29. The van der Waals surface area contributed by atoms with Crippen molar-refractivity contribution >= 4 is 12.0 Å². The summed E-state index contributed by atoms with van der Waals surface area (Å²) < 4.78 is 14.7. The van der Waals surface area contributed by atoms with Crippen LogP contribution < -0.4 is 15.2 Å². The number of benzene rings is 1. The van der Waals surface area contributed by atoms with Crippen molar-refractivity contribution in [3.63, 3.8) is 0 Å². The van der Waals surface area contributed by atoms with Gasteiger partial charge in [0, 0.05) is 0 Å². The molecule has 0 aliphatic carbocycles. The molecule has 0 atom stereocenters. The molecule has 1 rings (SSSR count). The molecule has 92 valence electrons. The van der Waals surface area contributed by atoms with E-state index in [9.17, 15) is 4.79 Å². The second-order valence-corrected chi connectivity index (χ2v) is 3.21. The smallest absolute Gasteiger partial charge is 0.353 e. The summed E-state index contributed by atoms with van der Waals surface area (Å²) >= 11 is 0. The molecular weight excluding hydrogens is 222 g/mol. The number of nitrogens with two attached hydrogens (primary N) is 1. The summed E-state index contributed by atoms with van der Waals surface area (Å²) in [6.07, 6.45) is 1.51. The molecule has 0 saturated heterocycles. The molecule has 17 heavy (non-hydrogen) atoms. The molecule has 0 unspecified atom stereocenters. The summed E-state index contributed by atoms with van der Waals surface area (Å²) in [7, 11) is 4.36. The van der Waals surface area contributed by atoms with Gasteiger partial charge in [-0.15, -0.1) is 0 Å². The molecule has 5 heteroatoms. The average Bonchev–Trinajstić information content (AvgIpc) is 2.37. The molecule has 0 heterocycles. The third kappa shape index (κ3) is 3.14. The fourth-order valence-electron chi connectivity index (χ4n) is 1.30. The molecule has 0 radical (unpaired) electrons. The lowest BCUT2D eigenvalue weighted by molar-refractivity contribution is -0.136. The van der Waals surface area contributed by atoms with Crippen molar-refractivity contribution in [3.05, 3.63) is 29.5 Å². The van der Waals surface area contributed by atoms with E-state index >= 15 is 0 Å². The molecule has 1 aromatic carbocycles. The summed E-state index contributed by atoms with van der Waals surface area (Å²) in [5.74, 6) is 0.611. The summed E-state index contributed by atoms with van der Waals surface area (Å²) in [5, 5.41) is 0. The monoisotopic (exact) mass is 237 g/mol. The number of hydrogen-bond acceptors (Lipinski definition) is 5. The lowest BCUT2D eigenvalue weighted by Gasteiger charge is -2.08. The average molecular weight is 237 g/mol. The van der Waals surface area contributed by atoms with E-state index in [0.29, 0.717) is 11.5 Å². The Bertz CT molecular complexity index is 440. The van der Waals surface area contributed by atoms with Crippen molar-refractivity contribution in [1.29, 1.82) is 0 Å². The number of rotatable bonds is 4. The highest BCUT2D eigenvalue weighted by molar-refractivity contribution is 5.92. The van der Waals surface area contributed by atoms with Crippen molar-refractivity contribution in [1.82, 2.24) is 0 Å². The molecule has 0 amide bonds. The molecule has 0 saturated carbocycles. The van der Waals surface area contributed by atoms with Crippen LogP contribution in [0.25, 0.3) is 6.08 Å². The third-order valence-corrected chi connectivity index (χ3v) is 2.15. The molecule has 0 aromatic heterocycles. The summed E-state index contributed by atoms with van der Waals surface area (Å²) in [4.78, 5) is 11.1. The van der Waals surface area contributed by atoms with E-state index in [1.54, 1.807) is 25.3 Å². The lowest BCUT2D eigenvalue weighted by Crippen LogP contribution is -2.12. The maximum Gasteiger partial charge on any atom is 0.353 e. The molecule has 0 aliphatic heterocycles. The third-order valence-electron chi connectivity index (χ3n) is 2.15. The largest absolute Gasteiger partial charge is 0.493 e. The zero-order chi connectivity index (χ0) is 12.8. The lowest BCUT2D eigenvalue weighted by atomic mass is 10.1. The van der Waals surface area contributed by atoms with Gasteiger partial charge in [0.2, 0.25) is 0 Å². The van der Waals surface area contributed by atoms with E-state index < -0.39 is 5.97 Å². The van der Waals surface area contributed by atoms with Gasteiger partial charge in [-0.2, -0.15) is 0 Å². The van der Waals surface area contributed by atoms with Gasteiger partial charge in [-0.05, 0) is 23.8 Å². The van der Waals surface area contributed by atoms with Crippen LogP contribution in [0.2, 0.25) is 0 Å². The van der Waals surface area contributed by atoms with Crippen molar-refractivity contribution in [3.8, 4) is 11.5 Å². The Morgan fingerprint density at radius 2 is 1.82 bits per heavy atom. The Balaban J connectivity index is 3.04. The van der Waals surface area contributed by atoms with Crippen LogP contribution in [0.3, 0.4) is 0 Å². The van der Waals surface area contributed by atoms with Crippen LogP contribution in [0.15, 0.2) is 23.9 Å². The van der Waals surface area contributed by atoms with E-state index in [0.717, 1.165) is 5.56 Å². The molecule has 0 fully saturated rings. The maximum atomic E-state index is 11.1.